The number of nitrogens with one attached hydrogen (secondary N) is 3. The lowest BCUT2D eigenvalue weighted by Crippen LogP contribution is -2.27. The number of nitrogens with zero attached hydrogens (tertiary/aromatic N) is 5. The van der Waals surface area contributed by atoms with Crippen molar-refractivity contribution in [2.24, 2.45) is 0 Å². The highest BCUT2D eigenvalue weighted by Gasteiger charge is 2.34. The second-order valence-electron chi connectivity index (χ2n) is 7.46. The molecule has 4 aromatic heterocycles. The van der Waals surface area contributed by atoms with Gasteiger partial charge in [-0.25, -0.2) is 24.9 Å². The number of carbonyl (C=O) groups excluding carboxylic acids is 2. The van der Waals surface area contributed by atoms with Gasteiger partial charge in [0.05, 0.1) is 22.8 Å². The second kappa shape index (κ2) is 9.99. The van der Waals surface area contributed by atoms with Crippen LogP contribution in [0.15, 0.2) is 37.1 Å². The van der Waals surface area contributed by atoms with Crippen molar-refractivity contribution in [3.05, 3.63) is 68.9 Å². The van der Waals surface area contributed by atoms with Crippen LogP contribution in [-0.4, -0.2) is 41.7 Å². The summed E-state index contributed by atoms with van der Waals surface area (Å²) in [4.78, 5) is 48.4. The molecule has 0 aliphatic carbocycles. The Morgan fingerprint density at radius 3 is 2.53 bits per heavy atom. The molecule has 10 nitrogen and oxygen atoms in total. The number of imidazole rings is 1. The minimum atomic E-state index is -4.70. The summed E-state index contributed by atoms with van der Waals surface area (Å²) < 4.78 is 39.1. The topological polar surface area (TPSA) is 138 Å². The number of aromatic nitrogens is 6. The molecule has 0 bridgehead atoms. The number of alkyl halides is 3. The molecule has 15 heteroatoms. The van der Waals surface area contributed by atoms with Crippen LogP contribution in [0.1, 0.15) is 49.4 Å². The van der Waals surface area contributed by atoms with Gasteiger partial charge in [0.2, 0.25) is 0 Å². The Bertz CT molecular complexity index is 1440. The number of hydrogen-bond acceptors (Lipinski definition) is 8. The molecule has 1 atom stereocenters. The first kappa shape index (κ1) is 25.2. The minimum absolute atomic E-state index is 0.102. The van der Waals surface area contributed by atoms with E-state index in [1.165, 1.54) is 18.6 Å². The van der Waals surface area contributed by atoms with Crippen molar-refractivity contribution in [3.8, 4) is 11.5 Å². The summed E-state index contributed by atoms with van der Waals surface area (Å²) in [6, 6.07) is 1.53. The van der Waals surface area contributed by atoms with Gasteiger partial charge in [-0.3, -0.25) is 9.59 Å². The molecule has 0 fully saturated rings. The molecular weight excluding hydrogens is 521 g/mol. The van der Waals surface area contributed by atoms with Crippen molar-refractivity contribution in [2.75, 3.05) is 5.32 Å². The molecule has 0 aliphatic heterocycles. The molecular formula is C21H16ClF3N8O2S. The van der Waals surface area contributed by atoms with E-state index in [1.807, 2.05) is 6.92 Å². The predicted octanol–water partition coefficient (Wildman–Crippen LogP) is 4.44. The number of amides is 2. The van der Waals surface area contributed by atoms with E-state index in [0.29, 0.717) is 22.6 Å². The number of halogens is 4. The summed E-state index contributed by atoms with van der Waals surface area (Å²) >= 11 is 6.51. The standard InChI is InChI=1S/C21H16ClF3N8O2S/c1-9-5-27-17(31-9)13-4-14(30-8-29-13)18(34)32-10(2)20-28-7-15(36-20)19(35)33-16-3-11(21(23,24)25)12(22)6-26-16/h3-8,10H,1-2H3,(H,27,31)(H,32,34)(H,26,33,35). The summed E-state index contributed by atoms with van der Waals surface area (Å²) in [7, 11) is 0. The highest BCUT2D eigenvalue weighted by molar-refractivity contribution is 7.13. The average Bonchev–Trinajstić information content (AvgIpc) is 3.49. The third-order valence-corrected chi connectivity index (χ3v) is 6.19. The number of aryl methyl sites for hydroxylation is 1. The molecule has 4 rings (SSSR count). The summed E-state index contributed by atoms with van der Waals surface area (Å²) in [6.07, 6.45) is 0.231. The summed E-state index contributed by atoms with van der Waals surface area (Å²) in [6.45, 7) is 3.49. The van der Waals surface area contributed by atoms with Gasteiger partial charge >= 0.3 is 6.18 Å². The molecule has 1 unspecified atom stereocenters. The molecule has 4 heterocycles. The number of hydrogen-bond donors (Lipinski definition) is 3. The van der Waals surface area contributed by atoms with E-state index in [-0.39, 0.29) is 16.4 Å². The fourth-order valence-corrected chi connectivity index (χ4v) is 4.01. The summed E-state index contributed by atoms with van der Waals surface area (Å²) in [5, 5.41) is 4.83. The first-order valence-electron chi connectivity index (χ1n) is 10.2. The lowest BCUT2D eigenvalue weighted by molar-refractivity contribution is -0.137. The summed E-state index contributed by atoms with van der Waals surface area (Å²) in [5.74, 6) is -1.04. The normalized spacial score (nSPS) is 12.3. The monoisotopic (exact) mass is 536 g/mol. The van der Waals surface area contributed by atoms with Gasteiger partial charge in [0, 0.05) is 18.1 Å². The van der Waals surface area contributed by atoms with Crippen molar-refractivity contribution in [1.29, 1.82) is 0 Å². The Morgan fingerprint density at radius 2 is 1.83 bits per heavy atom. The molecule has 4 aromatic rings. The number of aromatic amines is 1. The first-order valence-corrected chi connectivity index (χ1v) is 11.4. The minimum Gasteiger partial charge on any atom is -0.342 e. The fraction of sp³-hybridized carbons (Fsp3) is 0.190. The number of H-pyrrole nitrogens is 1. The smallest absolute Gasteiger partial charge is 0.342 e. The molecule has 0 aliphatic rings. The number of thiazole rings is 1. The molecule has 0 saturated carbocycles. The maximum Gasteiger partial charge on any atom is 0.418 e. The first-order chi connectivity index (χ1) is 17.0. The Morgan fingerprint density at radius 1 is 1.06 bits per heavy atom. The zero-order valence-electron chi connectivity index (χ0n) is 18.5. The van der Waals surface area contributed by atoms with E-state index in [9.17, 15) is 22.8 Å². The third-order valence-electron chi connectivity index (χ3n) is 4.71. The van der Waals surface area contributed by atoms with Gasteiger partial charge in [-0.1, -0.05) is 11.6 Å². The van der Waals surface area contributed by atoms with Gasteiger partial charge in [-0.2, -0.15) is 13.2 Å². The van der Waals surface area contributed by atoms with E-state index in [2.05, 4.69) is 40.5 Å². The molecule has 0 saturated heterocycles. The van der Waals surface area contributed by atoms with Crippen molar-refractivity contribution in [3.63, 3.8) is 0 Å². The fourth-order valence-electron chi connectivity index (χ4n) is 2.98. The lowest BCUT2D eigenvalue weighted by atomic mass is 10.2. The number of pyridine rings is 1. The van der Waals surface area contributed by atoms with Crippen LogP contribution in [0.4, 0.5) is 19.0 Å². The number of rotatable bonds is 6. The van der Waals surface area contributed by atoms with Crippen LogP contribution < -0.4 is 10.6 Å². The largest absolute Gasteiger partial charge is 0.418 e. The quantitative estimate of drug-likeness (QED) is 0.331. The molecule has 0 aromatic carbocycles. The number of carbonyl (C=O) groups is 2. The Labute approximate surface area is 210 Å². The van der Waals surface area contributed by atoms with Gasteiger partial charge in [-0.05, 0) is 26.0 Å². The molecule has 2 amide bonds. The van der Waals surface area contributed by atoms with Gasteiger partial charge in [0.1, 0.15) is 33.4 Å². The number of anilines is 1. The molecule has 3 N–H and O–H groups in total. The maximum absolute atomic E-state index is 13.0. The van der Waals surface area contributed by atoms with E-state index in [1.54, 1.807) is 13.1 Å². The van der Waals surface area contributed by atoms with E-state index < -0.39 is 34.6 Å². The third kappa shape index (κ3) is 5.66. The van der Waals surface area contributed by atoms with E-state index in [0.717, 1.165) is 23.2 Å². The van der Waals surface area contributed by atoms with Gasteiger partial charge < -0.3 is 15.6 Å². The summed E-state index contributed by atoms with van der Waals surface area (Å²) in [5.41, 5.74) is 0.253. The Balaban J connectivity index is 1.43. The highest BCUT2D eigenvalue weighted by atomic mass is 35.5. The predicted molar refractivity (Wildman–Crippen MR) is 125 cm³/mol. The van der Waals surface area contributed by atoms with Gasteiger partial charge in [0.25, 0.3) is 11.8 Å². The van der Waals surface area contributed by atoms with Crippen LogP contribution >= 0.6 is 22.9 Å². The van der Waals surface area contributed by atoms with Crippen LogP contribution in [0, 0.1) is 6.92 Å². The van der Waals surface area contributed by atoms with E-state index in [4.69, 9.17) is 11.6 Å². The maximum atomic E-state index is 13.0. The van der Waals surface area contributed by atoms with Crippen LogP contribution in [0.2, 0.25) is 5.02 Å². The molecule has 0 radical (unpaired) electrons. The van der Waals surface area contributed by atoms with Crippen molar-refractivity contribution < 1.29 is 22.8 Å². The van der Waals surface area contributed by atoms with Crippen LogP contribution in [0.25, 0.3) is 11.5 Å². The van der Waals surface area contributed by atoms with Crippen molar-refractivity contribution >= 4 is 40.6 Å². The van der Waals surface area contributed by atoms with Crippen molar-refractivity contribution in [2.45, 2.75) is 26.1 Å². The van der Waals surface area contributed by atoms with Crippen LogP contribution in [0.5, 0.6) is 0 Å². The zero-order valence-corrected chi connectivity index (χ0v) is 20.1. The van der Waals surface area contributed by atoms with Crippen molar-refractivity contribution in [1.82, 2.24) is 35.2 Å². The second-order valence-corrected chi connectivity index (χ2v) is 8.93. The highest BCUT2D eigenvalue weighted by Crippen LogP contribution is 2.35. The Kier molecular flexibility index (Phi) is 6.99. The van der Waals surface area contributed by atoms with Gasteiger partial charge in [-0.15, -0.1) is 11.3 Å². The lowest BCUT2D eigenvalue weighted by Gasteiger charge is -2.11. The zero-order chi connectivity index (χ0) is 26.0. The van der Waals surface area contributed by atoms with Crippen LogP contribution in [-0.2, 0) is 6.18 Å². The van der Waals surface area contributed by atoms with E-state index >= 15 is 0 Å². The Hall–Kier alpha value is -3.91. The molecule has 186 valence electrons. The molecule has 0 spiro atoms. The van der Waals surface area contributed by atoms with Crippen LogP contribution in [0.3, 0.4) is 0 Å². The van der Waals surface area contributed by atoms with Gasteiger partial charge in [0.15, 0.2) is 5.82 Å². The molecule has 36 heavy (non-hydrogen) atoms. The SMILES string of the molecule is Cc1cnc(-c2cc(C(=O)NC(C)c3ncc(C(=O)Nc4cc(C(F)(F)F)c(Cl)cn4)s3)ncn2)[nH]1. The average molecular weight is 537 g/mol.